The number of esters is 1. The molecule has 0 bridgehead atoms. The molecule has 0 aliphatic rings. The summed E-state index contributed by atoms with van der Waals surface area (Å²) in [7, 11) is 1.26. The van der Waals surface area contributed by atoms with Crippen molar-refractivity contribution in [3.63, 3.8) is 0 Å². The molecule has 0 aliphatic carbocycles. The molecule has 1 amide bonds. The van der Waals surface area contributed by atoms with E-state index in [0.29, 0.717) is 5.52 Å². The summed E-state index contributed by atoms with van der Waals surface area (Å²) in [4.78, 5) is 26.9. The number of H-pyrrole nitrogens is 1. The van der Waals surface area contributed by atoms with E-state index in [4.69, 9.17) is 10.5 Å². The van der Waals surface area contributed by atoms with Crippen LogP contribution < -0.4 is 11.1 Å². The summed E-state index contributed by atoms with van der Waals surface area (Å²) < 4.78 is 18.0. The van der Waals surface area contributed by atoms with Crippen LogP contribution in [0.3, 0.4) is 0 Å². The maximum absolute atomic E-state index is 13.2. The van der Waals surface area contributed by atoms with E-state index >= 15 is 0 Å². The Balaban J connectivity index is 2.22. The molecule has 0 aliphatic heterocycles. The summed E-state index contributed by atoms with van der Waals surface area (Å²) >= 11 is 0. The summed E-state index contributed by atoms with van der Waals surface area (Å²) in [6.45, 7) is 1.87. The first-order chi connectivity index (χ1) is 11.0. The molecule has 23 heavy (non-hydrogen) atoms. The van der Waals surface area contributed by atoms with Crippen molar-refractivity contribution in [3.05, 3.63) is 35.8 Å². The third kappa shape index (κ3) is 3.87. The predicted molar refractivity (Wildman–Crippen MR) is 84.1 cm³/mol. The number of nitrogens with two attached hydrogens (primary N) is 1. The van der Waals surface area contributed by atoms with Gasteiger partial charge in [-0.2, -0.15) is 0 Å². The van der Waals surface area contributed by atoms with E-state index in [1.54, 1.807) is 19.2 Å². The number of hydrogen-bond acceptors (Lipinski definition) is 4. The quantitative estimate of drug-likeness (QED) is 0.694. The van der Waals surface area contributed by atoms with Crippen LogP contribution in [-0.2, 0) is 20.7 Å². The van der Waals surface area contributed by atoms with Gasteiger partial charge in [0.1, 0.15) is 11.9 Å². The van der Waals surface area contributed by atoms with Gasteiger partial charge in [0.05, 0.1) is 7.11 Å². The van der Waals surface area contributed by atoms with Crippen molar-refractivity contribution >= 4 is 22.8 Å². The Morgan fingerprint density at radius 2 is 2.17 bits per heavy atom. The first-order valence-corrected chi connectivity index (χ1v) is 7.30. The van der Waals surface area contributed by atoms with Gasteiger partial charge in [0.25, 0.3) is 0 Å². The molecule has 0 radical (unpaired) electrons. The van der Waals surface area contributed by atoms with Gasteiger partial charge in [0.2, 0.25) is 5.91 Å². The Bertz CT molecular complexity index is 714. The highest BCUT2D eigenvalue weighted by atomic mass is 19.1. The molecule has 7 heteroatoms. The second-order valence-electron chi connectivity index (χ2n) is 5.43. The first-order valence-electron chi connectivity index (χ1n) is 7.30. The Morgan fingerprint density at radius 1 is 1.43 bits per heavy atom. The third-order valence-corrected chi connectivity index (χ3v) is 3.76. The molecule has 1 heterocycles. The fourth-order valence-electron chi connectivity index (χ4n) is 2.30. The second-order valence-corrected chi connectivity index (χ2v) is 5.43. The number of nitrogens with one attached hydrogen (secondary N) is 2. The third-order valence-electron chi connectivity index (χ3n) is 3.76. The maximum Gasteiger partial charge on any atom is 0.328 e. The molecule has 1 aromatic carbocycles. The normalized spacial score (nSPS) is 13.6. The van der Waals surface area contributed by atoms with Crippen molar-refractivity contribution in [1.29, 1.82) is 0 Å². The molecule has 2 unspecified atom stereocenters. The monoisotopic (exact) mass is 321 g/mol. The summed E-state index contributed by atoms with van der Waals surface area (Å²) in [5.74, 6) is -1.60. The Labute approximate surface area is 133 Å². The number of benzene rings is 1. The zero-order chi connectivity index (χ0) is 17.0. The van der Waals surface area contributed by atoms with Crippen LogP contribution in [0.1, 0.15) is 12.5 Å². The molecule has 0 fully saturated rings. The van der Waals surface area contributed by atoms with Crippen LogP contribution in [0, 0.1) is 11.7 Å². The largest absolute Gasteiger partial charge is 0.467 e. The number of fused-ring (bicyclic) bond motifs is 1. The Hall–Kier alpha value is -2.41. The van der Waals surface area contributed by atoms with Gasteiger partial charge >= 0.3 is 5.97 Å². The molecule has 2 rings (SSSR count). The van der Waals surface area contributed by atoms with Crippen molar-refractivity contribution in [2.45, 2.75) is 19.4 Å². The van der Waals surface area contributed by atoms with Crippen LogP contribution in [-0.4, -0.2) is 36.6 Å². The number of hydrogen-bond donors (Lipinski definition) is 3. The molecule has 2 atom stereocenters. The van der Waals surface area contributed by atoms with Gasteiger partial charge in [-0.1, -0.05) is 6.92 Å². The van der Waals surface area contributed by atoms with Crippen LogP contribution in [0.4, 0.5) is 4.39 Å². The molecule has 0 saturated heterocycles. The lowest BCUT2D eigenvalue weighted by atomic mass is 10.0. The summed E-state index contributed by atoms with van der Waals surface area (Å²) in [5.41, 5.74) is 6.88. The highest BCUT2D eigenvalue weighted by Gasteiger charge is 2.25. The maximum atomic E-state index is 13.2. The number of methoxy groups -OCH3 is 1. The van der Waals surface area contributed by atoms with Crippen molar-refractivity contribution in [3.8, 4) is 0 Å². The van der Waals surface area contributed by atoms with Crippen molar-refractivity contribution in [2.24, 2.45) is 11.7 Å². The number of rotatable bonds is 6. The van der Waals surface area contributed by atoms with Gasteiger partial charge in [-0.3, -0.25) is 4.79 Å². The lowest BCUT2D eigenvalue weighted by Crippen LogP contribution is -2.46. The van der Waals surface area contributed by atoms with Gasteiger partial charge in [0, 0.05) is 36.0 Å². The van der Waals surface area contributed by atoms with Crippen LogP contribution in [0.25, 0.3) is 10.9 Å². The Morgan fingerprint density at radius 3 is 2.83 bits per heavy atom. The van der Waals surface area contributed by atoms with Gasteiger partial charge < -0.3 is 20.8 Å². The van der Waals surface area contributed by atoms with Crippen LogP contribution in [0.2, 0.25) is 0 Å². The molecule has 0 spiro atoms. The highest BCUT2D eigenvalue weighted by Crippen LogP contribution is 2.21. The average Bonchev–Trinajstić information content (AvgIpc) is 2.94. The predicted octanol–water partition coefficient (Wildman–Crippen LogP) is 1.10. The number of ether oxygens (including phenoxy) is 1. The van der Waals surface area contributed by atoms with Crippen LogP contribution in [0.5, 0.6) is 0 Å². The van der Waals surface area contributed by atoms with Crippen LogP contribution in [0.15, 0.2) is 24.4 Å². The number of carbonyl (C=O) groups is 2. The van der Waals surface area contributed by atoms with E-state index in [1.807, 2.05) is 0 Å². The topological polar surface area (TPSA) is 97.2 Å². The van der Waals surface area contributed by atoms with Gasteiger partial charge in [-0.25, -0.2) is 9.18 Å². The smallest absolute Gasteiger partial charge is 0.328 e. The van der Waals surface area contributed by atoms with E-state index in [-0.39, 0.29) is 24.7 Å². The van der Waals surface area contributed by atoms with Crippen LogP contribution >= 0.6 is 0 Å². The lowest BCUT2D eigenvalue weighted by molar-refractivity contribution is -0.145. The fourth-order valence-corrected chi connectivity index (χ4v) is 2.30. The molecule has 0 saturated carbocycles. The highest BCUT2D eigenvalue weighted by molar-refractivity contribution is 5.88. The molecule has 4 N–H and O–H groups in total. The standard InChI is InChI=1S/C16H20FN3O3/c1-9(7-18)15(21)20-14(16(22)23-2)5-10-8-19-13-6-11(17)3-4-12(10)13/h3-4,6,8-9,14,19H,5,7,18H2,1-2H3,(H,20,21). The fraction of sp³-hybridized carbons (Fsp3) is 0.375. The summed E-state index contributed by atoms with van der Waals surface area (Å²) in [6, 6.07) is 3.53. The Kier molecular flexibility index (Phi) is 5.33. The van der Waals surface area contributed by atoms with Crippen molar-refractivity contribution < 1.29 is 18.7 Å². The minimum absolute atomic E-state index is 0.187. The molecular weight excluding hydrogens is 301 g/mol. The molecule has 124 valence electrons. The minimum Gasteiger partial charge on any atom is -0.467 e. The second kappa shape index (κ2) is 7.23. The van der Waals surface area contributed by atoms with E-state index in [2.05, 4.69) is 10.3 Å². The zero-order valence-corrected chi connectivity index (χ0v) is 13.1. The number of halogens is 1. The zero-order valence-electron chi connectivity index (χ0n) is 13.1. The summed E-state index contributed by atoms with van der Waals surface area (Å²) in [6.07, 6.45) is 1.93. The lowest BCUT2D eigenvalue weighted by Gasteiger charge is -2.18. The minimum atomic E-state index is -0.828. The summed E-state index contributed by atoms with van der Waals surface area (Å²) in [5, 5.41) is 3.44. The van der Waals surface area contributed by atoms with Crippen molar-refractivity contribution in [1.82, 2.24) is 10.3 Å². The van der Waals surface area contributed by atoms with E-state index in [1.165, 1.54) is 19.2 Å². The number of aromatic nitrogens is 1. The first kappa shape index (κ1) is 17.0. The van der Waals surface area contributed by atoms with E-state index in [9.17, 15) is 14.0 Å². The van der Waals surface area contributed by atoms with E-state index < -0.39 is 17.9 Å². The number of amides is 1. The number of carbonyl (C=O) groups excluding carboxylic acids is 2. The van der Waals surface area contributed by atoms with Gasteiger partial charge in [-0.15, -0.1) is 0 Å². The molecular formula is C16H20FN3O3. The van der Waals surface area contributed by atoms with Gasteiger partial charge in [-0.05, 0) is 23.8 Å². The molecule has 2 aromatic rings. The molecule has 1 aromatic heterocycles. The SMILES string of the molecule is COC(=O)C(Cc1c[nH]c2cc(F)ccc12)NC(=O)C(C)CN. The van der Waals surface area contributed by atoms with E-state index in [0.717, 1.165) is 10.9 Å². The number of aromatic amines is 1. The van der Waals surface area contributed by atoms with Gasteiger partial charge in [0.15, 0.2) is 0 Å². The average molecular weight is 321 g/mol. The molecule has 6 nitrogen and oxygen atoms in total. The van der Waals surface area contributed by atoms with Crippen molar-refractivity contribution in [2.75, 3.05) is 13.7 Å².